The molecule has 104 valence electrons. The Hall–Kier alpha value is -2.95. The van der Waals surface area contributed by atoms with Crippen molar-refractivity contribution >= 4 is 17.1 Å². The van der Waals surface area contributed by atoms with Crippen molar-refractivity contribution in [3.8, 4) is 5.75 Å². The van der Waals surface area contributed by atoms with Crippen molar-refractivity contribution in [2.45, 2.75) is 6.92 Å². The molecule has 0 radical (unpaired) electrons. The molecule has 0 aliphatic heterocycles. The van der Waals surface area contributed by atoms with Gasteiger partial charge in [0.15, 0.2) is 0 Å². The number of hydrogen-bond acceptors (Lipinski definition) is 4. The van der Waals surface area contributed by atoms with E-state index in [1.54, 1.807) is 55.6 Å². The minimum atomic E-state index is -0.201. The monoisotopic (exact) mass is 279 g/mol. The molecule has 5 heteroatoms. The molecule has 0 aliphatic rings. The van der Waals surface area contributed by atoms with Gasteiger partial charge in [0.25, 0.3) is 5.56 Å². The number of aryl methyl sites for hydroxylation is 1. The zero-order valence-corrected chi connectivity index (χ0v) is 11.4. The van der Waals surface area contributed by atoms with Gasteiger partial charge in [0.1, 0.15) is 11.6 Å². The van der Waals surface area contributed by atoms with Crippen LogP contribution in [0.2, 0.25) is 0 Å². The highest BCUT2D eigenvalue weighted by atomic mass is 16.3. The Morgan fingerprint density at radius 3 is 2.62 bits per heavy atom. The number of para-hydroxylation sites is 1. The highest BCUT2D eigenvalue weighted by Gasteiger charge is 2.06. The molecule has 1 aromatic heterocycles. The summed E-state index contributed by atoms with van der Waals surface area (Å²) < 4.78 is 1.27. The summed E-state index contributed by atoms with van der Waals surface area (Å²) >= 11 is 0. The molecule has 5 nitrogen and oxygen atoms in total. The average Bonchev–Trinajstić information content (AvgIpc) is 2.49. The standard InChI is InChI=1S/C16H13N3O2/c1-11-18-15-5-3-2-4-14(15)16(21)19(11)17-10-12-6-8-13(20)9-7-12/h2-10,20H,1H3/b17-10+. The van der Waals surface area contributed by atoms with Gasteiger partial charge in [-0.2, -0.15) is 9.78 Å². The van der Waals surface area contributed by atoms with Crippen molar-refractivity contribution in [1.82, 2.24) is 9.66 Å². The molecule has 0 unspecified atom stereocenters. The number of benzene rings is 2. The molecule has 0 saturated heterocycles. The maximum Gasteiger partial charge on any atom is 0.282 e. The van der Waals surface area contributed by atoms with Crippen LogP contribution >= 0.6 is 0 Å². The van der Waals surface area contributed by atoms with Gasteiger partial charge in [0.2, 0.25) is 0 Å². The van der Waals surface area contributed by atoms with Crippen molar-refractivity contribution < 1.29 is 5.11 Å². The third-order valence-electron chi connectivity index (χ3n) is 3.13. The molecular weight excluding hydrogens is 266 g/mol. The van der Waals surface area contributed by atoms with Crippen LogP contribution in [0.15, 0.2) is 58.4 Å². The average molecular weight is 279 g/mol. The van der Waals surface area contributed by atoms with Crippen molar-refractivity contribution in [2.75, 3.05) is 0 Å². The summed E-state index contributed by atoms with van der Waals surface area (Å²) in [7, 11) is 0. The number of aromatic nitrogens is 2. The molecule has 0 amide bonds. The predicted octanol–water partition coefficient (Wildman–Crippen LogP) is 2.29. The lowest BCUT2D eigenvalue weighted by atomic mass is 10.2. The number of phenolic OH excluding ortho intramolecular Hbond substituents is 1. The Labute approximate surface area is 120 Å². The van der Waals surface area contributed by atoms with E-state index in [2.05, 4.69) is 10.1 Å². The second-order valence-corrected chi connectivity index (χ2v) is 4.63. The third kappa shape index (κ3) is 2.53. The molecule has 21 heavy (non-hydrogen) atoms. The Morgan fingerprint density at radius 2 is 1.86 bits per heavy atom. The first-order valence-electron chi connectivity index (χ1n) is 6.47. The highest BCUT2D eigenvalue weighted by molar-refractivity contribution is 5.80. The van der Waals surface area contributed by atoms with Gasteiger partial charge >= 0.3 is 0 Å². The largest absolute Gasteiger partial charge is 0.508 e. The lowest BCUT2D eigenvalue weighted by Crippen LogP contribution is -2.20. The fourth-order valence-electron chi connectivity index (χ4n) is 2.06. The van der Waals surface area contributed by atoms with Gasteiger partial charge in [-0.25, -0.2) is 4.98 Å². The van der Waals surface area contributed by atoms with Crippen LogP contribution in [-0.4, -0.2) is 21.0 Å². The van der Waals surface area contributed by atoms with Gasteiger partial charge in [-0.1, -0.05) is 12.1 Å². The first-order chi connectivity index (χ1) is 10.1. The molecule has 1 heterocycles. The topological polar surface area (TPSA) is 67.5 Å². The van der Waals surface area contributed by atoms with E-state index in [9.17, 15) is 9.90 Å². The normalized spacial score (nSPS) is 11.3. The fourth-order valence-corrected chi connectivity index (χ4v) is 2.06. The van der Waals surface area contributed by atoms with E-state index in [-0.39, 0.29) is 11.3 Å². The summed E-state index contributed by atoms with van der Waals surface area (Å²) in [5.41, 5.74) is 1.25. The summed E-state index contributed by atoms with van der Waals surface area (Å²) in [6, 6.07) is 13.7. The summed E-state index contributed by atoms with van der Waals surface area (Å²) in [6.07, 6.45) is 1.56. The second-order valence-electron chi connectivity index (χ2n) is 4.63. The second kappa shape index (κ2) is 5.20. The van der Waals surface area contributed by atoms with Crippen LogP contribution in [0.5, 0.6) is 5.75 Å². The lowest BCUT2D eigenvalue weighted by molar-refractivity contribution is 0.475. The first kappa shape index (κ1) is 13.1. The number of hydrogen-bond donors (Lipinski definition) is 1. The van der Waals surface area contributed by atoms with Crippen LogP contribution in [-0.2, 0) is 0 Å². The zero-order valence-electron chi connectivity index (χ0n) is 11.4. The van der Waals surface area contributed by atoms with Gasteiger partial charge < -0.3 is 5.11 Å². The van der Waals surface area contributed by atoms with E-state index in [0.29, 0.717) is 16.7 Å². The maximum atomic E-state index is 12.4. The molecular formula is C16H13N3O2. The molecule has 0 saturated carbocycles. The number of rotatable bonds is 2. The number of aromatic hydroxyl groups is 1. The van der Waals surface area contributed by atoms with Crippen LogP contribution < -0.4 is 5.56 Å². The quantitative estimate of drug-likeness (QED) is 0.732. The van der Waals surface area contributed by atoms with Crippen LogP contribution in [0.1, 0.15) is 11.4 Å². The smallest absolute Gasteiger partial charge is 0.282 e. The molecule has 3 aromatic rings. The molecule has 3 rings (SSSR count). The van der Waals surface area contributed by atoms with Crippen LogP contribution in [0.25, 0.3) is 10.9 Å². The Bertz CT molecular complexity index is 880. The van der Waals surface area contributed by atoms with Gasteiger partial charge in [-0.3, -0.25) is 4.79 Å². The van der Waals surface area contributed by atoms with E-state index in [1.165, 1.54) is 4.68 Å². The molecule has 0 spiro atoms. The Morgan fingerprint density at radius 1 is 1.14 bits per heavy atom. The van der Waals surface area contributed by atoms with Crippen molar-refractivity contribution in [1.29, 1.82) is 0 Å². The summed E-state index contributed by atoms with van der Waals surface area (Å²) in [4.78, 5) is 16.8. The predicted molar refractivity (Wildman–Crippen MR) is 81.8 cm³/mol. The summed E-state index contributed by atoms with van der Waals surface area (Å²) in [5, 5.41) is 14.0. The van der Waals surface area contributed by atoms with Crippen molar-refractivity contribution in [3.63, 3.8) is 0 Å². The number of phenols is 1. The highest BCUT2D eigenvalue weighted by Crippen LogP contribution is 2.09. The lowest BCUT2D eigenvalue weighted by Gasteiger charge is -2.05. The first-order valence-corrected chi connectivity index (χ1v) is 6.47. The van der Waals surface area contributed by atoms with E-state index in [1.807, 2.05) is 6.07 Å². The molecule has 0 aliphatic carbocycles. The van der Waals surface area contributed by atoms with Crippen molar-refractivity contribution in [2.24, 2.45) is 5.10 Å². The van der Waals surface area contributed by atoms with E-state index in [4.69, 9.17) is 0 Å². The number of fused-ring (bicyclic) bond motifs is 1. The molecule has 1 N–H and O–H groups in total. The summed E-state index contributed by atoms with van der Waals surface area (Å²) in [5.74, 6) is 0.710. The summed E-state index contributed by atoms with van der Waals surface area (Å²) in [6.45, 7) is 1.74. The van der Waals surface area contributed by atoms with E-state index < -0.39 is 0 Å². The van der Waals surface area contributed by atoms with Gasteiger partial charge in [-0.15, -0.1) is 0 Å². The number of nitrogens with zero attached hydrogens (tertiary/aromatic N) is 3. The SMILES string of the molecule is Cc1nc2ccccc2c(=O)n1/N=C/c1ccc(O)cc1. The van der Waals surface area contributed by atoms with Crippen LogP contribution in [0.3, 0.4) is 0 Å². The van der Waals surface area contributed by atoms with E-state index in [0.717, 1.165) is 5.56 Å². The minimum absolute atomic E-state index is 0.188. The fraction of sp³-hybridized carbons (Fsp3) is 0.0625. The Balaban J connectivity index is 2.08. The Kier molecular flexibility index (Phi) is 3.23. The minimum Gasteiger partial charge on any atom is -0.508 e. The molecule has 0 bridgehead atoms. The third-order valence-corrected chi connectivity index (χ3v) is 3.13. The van der Waals surface area contributed by atoms with Gasteiger partial charge in [-0.05, 0) is 48.9 Å². The van der Waals surface area contributed by atoms with Gasteiger partial charge in [0, 0.05) is 0 Å². The van der Waals surface area contributed by atoms with Crippen LogP contribution in [0, 0.1) is 6.92 Å². The van der Waals surface area contributed by atoms with Crippen LogP contribution in [0.4, 0.5) is 0 Å². The van der Waals surface area contributed by atoms with Gasteiger partial charge in [0.05, 0.1) is 17.1 Å². The zero-order chi connectivity index (χ0) is 14.8. The molecule has 0 fully saturated rings. The van der Waals surface area contributed by atoms with E-state index >= 15 is 0 Å². The van der Waals surface area contributed by atoms with Crippen molar-refractivity contribution in [3.05, 3.63) is 70.3 Å². The molecule has 2 aromatic carbocycles. The maximum absolute atomic E-state index is 12.4. The molecule has 0 atom stereocenters.